The van der Waals surface area contributed by atoms with Gasteiger partial charge in [-0.1, -0.05) is 6.07 Å². The van der Waals surface area contributed by atoms with Crippen LogP contribution in [-0.4, -0.2) is 11.9 Å². The third kappa shape index (κ3) is 2.20. The summed E-state index contributed by atoms with van der Waals surface area (Å²) < 4.78 is 0. The number of nitrogens with one attached hydrogen (secondary N) is 2. The summed E-state index contributed by atoms with van der Waals surface area (Å²) in [7, 11) is 0. The molecule has 1 aromatic carbocycles. The van der Waals surface area contributed by atoms with Gasteiger partial charge in [-0.2, -0.15) is 0 Å². The Morgan fingerprint density at radius 1 is 1.35 bits per heavy atom. The van der Waals surface area contributed by atoms with Crippen molar-refractivity contribution in [3.05, 3.63) is 34.9 Å². The topological polar surface area (TPSA) is 41.1 Å². The summed E-state index contributed by atoms with van der Waals surface area (Å²) >= 11 is 0. The molecule has 0 saturated heterocycles. The summed E-state index contributed by atoms with van der Waals surface area (Å²) in [6.07, 6.45) is 2.52. The van der Waals surface area contributed by atoms with Crippen molar-refractivity contribution in [2.45, 2.75) is 38.9 Å². The summed E-state index contributed by atoms with van der Waals surface area (Å²) in [6.45, 7) is 3.91. The molecule has 1 atom stereocenters. The third-order valence-corrected chi connectivity index (χ3v) is 3.79. The predicted molar refractivity (Wildman–Crippen MR) is 66.6 cm³/mol. The zero-order chi connectivity index (χ0) is 11.8. The van der Waals surface area contributed by atoms with Crippen molar-refractivity contribution < 1.29 is 4.79 Å². The quantitative estimate of drug-likeness (QED) is 0.831. The minimum absolute atomic E-state index is 0.0686. The van der Waals surface area contributed by atoms with Gasteiger partial charge in [0.2, 0.25) is 0 Å². The highest BCUT2D eigenvalue weighted by atomic mass is 16.1. The van der Waals surface area contributed by atoms with E-state index in [1.165, 1.54) is 24.0 Å². The molecule has 1 unspecified atom stereocenters. The number of carbonyl (C=O) groups is 1. The number of carbonyl (C=O) groups excluding carboxylic acids is 1. The minimum atomic E-state index is 0.0686. The van der Waals surface area contributed by atoms with E-state index in [0.717, 1.165) is 18.7 Å². The van der Waals surface area contributed by atoms with Crippen LogP contribution in [-0.2, 0) is 13.1 Å². The molecule has 3 heteroatoms. The van der Waals surface area contributed by atoms with E-state index >= 15 is 0 Å². The third-order valence-electron chi connectivity index (χ3n) is 3.79. The molecule has 1 heterocycles. The van der Waals surface area contributed by atoms with Gasteiger partial charge in [0.15, 0.2) is 0 Å². The van der Waals surface area contributed by atoms with E-state index in [1.807, 2.05) is 12.1 Å². The first-order chi connectivity index (χ1) is 8.24. The van der Waals surface area contributed by atoms with Crippen LogP contribution in [0.1, 0.15) is 41.3 Å². The Bertz CT molecular complexity index is 452. The maximum Gasteiger partial charge on any atom is 0.251 e. The molecule has 1 aromatic rings. The Morgan fingerprint density at radius 3 is 2.88 bits per heavy atom. The summed E-state index contributed by atoms with van der Waals surface area (Å²) in [4.78, 5) is 12.1. The van der Waals surface area contributed by atoms with Gasteiger partial charge >= 0.3 is 0 Å². The lowest BCUT2D eigenvalue weighted by Gasteiger charge is -2.13. The van der Waals surface area contributed by atoms with Gasteiger partial charge in [0.1, 0.15) is 0 Å². The monoisotopic (exact) mass is 230 g/mol. The SMILES string of the molecule is CC(NC(=O)c1ccc2c(c1)CNC2)C1CC1. The van der Waals surface area contributed by atoms with E-state index in [4.69, 9.17) is 0 Å². The summed E-state index contributed by atoms with van der Waals surface area (Å²) in [6, 6.07) is 6.32. The van der Waals surface area contributed by atoms with Crippen LogP contribution in [0.4, 0.5) is 0 Å². The second-order valence-electron chi connectivity index (χ2n) is 5.19. The predicted octanol–water partition coefficient (Wildman–Crippen LogP) is 1.82. The molecule has 1 aliphatic heterocycles. The molecule has 0 radical (unpaired) electrons. The van der Waals surface area contributed by atoms with E-state index in [2.05, 4.69) is 23.6 Å². The number of benzene rings is 1. The van der Waals surface area contributed by atoms with Gasteiger partial charge in [0, 0.05) is 24.7 Å². The van der Waals surface area contributed by atoms with E-state index in [9.17, 15) is 4.79 Å². The Morgan fingerprint density at radius 2 is 2.12 bits per heavy atom. The number of amides is 1. The van der Waals surface area contributed by atoms with Gasteiger partial charge in [0.25, 0.3) is 5.91 Å². The fourth-order valence-corrected chi connectivity index (χ4v) is 2.44. The van der Waals surface area contributed by atoms with Gasteiger partial charge in [-0.15, -0.1) is 0 Å². The van der Waals surface area contributed by atoms with Gasteiger partial charge in [-0.3, -0.25) is 4.79 Å². The van der Waals surface area contributed by atoms with E-state index < -0.39 is 0 Å². The summed E-state index contributed by atoms with van der Waals surface area (Å²) in [5.74, 6) is 0.772. The van der Waals surface area contributed by atoms with Crippen LogP contribution in [0.3, 0.4) is 0 Å². The highest BCUT2D eigenvalue weighted by Crippen LogP contribution is 2.32. The van der Waals surface area contributed by atoms with Crippen LogP contribution in [0.5, 0.6) is 0 Å². The van der Waals surface area contributed by atoms with E-state index in [-0.39, 0.29) is 5.91 Å². The first-order valence-corrected chi connectivity index (χ1v) is 6.37. The second-order valence-corrected chi connectivity index (χ2v) is 5.19. The molecule has 3 nitrogen and oxygen atoms in total. The molecule has 1 fully saturated rings. The van der Waals surface area contributed by atoms with Gasteiger partial charge in [-0.25, -0.2) is 0 Å². The molecule has 0 aromatic heterocycles. The zero-order valence-electron chi connectivity index (χ0n) is 10.1. The van der Waals surface area contributed by atoms with Crippen molar-refractivity contribution in [3.63, 3.8) is 0 Å². The van der Waals surface area contributed by atoms with Crippen LogP contribution in [0, 0.1) is 5.92 Å². The average Bonchev–Trinajstić information content (AvgIpc) is 3.07. The Kier molecular flexibility index (Phi) is 2.63. The van der Waals surface area contributed by atoms with Crippen LogP contribution < -0.4 is 10.6 Å². The smallest absolute Gasteiger partial charge is 0.251 e. The molecule has 1 saturated carbocycles. The maximum atomic E-state index is 12.1. The van der Waals surface area contributed by atoms with Crippen molar-refractivity contribution in [2.75, 3.05) is 0 Å². The lowest BCUT2D eigenvalue weighted by molar-refractivity contribution is 0.0936. The normalized spacial score (nSPS) is 19.8. The fourth-order valence-electron chi connectivity index (χ4n) is 2.44. The second kappa shape index (κ2) is 4.15. The number of hydrogen-bond acceptors (Lipinski definition) is 2. The molecule has 1 amide bonds. The van der Waals surface area contributed by atoms with Gasteiger partial charge in [-0.05, 0) is 48.9 Å². The highest BCUT2D eigenvalue weighted by Gasteiger charge is 2.29. The first-order valence-electron chi connectivity index (χ1n) is 6.37. The molecule has 90 valence electrons. The molecular formula is C14H18N2O. The van der Waals surface area contributed by atoms with E-state index in [0.29, 0.717) is 12.0 Å². The minimum Gasteiger partial charge on any atom is -0.349 e. The molecule has 2 N–H and O–H groups in total. The first kappa shape index (κ1) is 10.8. The molecule has 2 aliphatic rings. The molecule has 17 heavy (non-hydrogen) atoms. The average molecular weight is 230 g/mol. The summed E-state index contributed by atoms with van der Waals surface area (Å²) in [5.41, 5.74) is 3.37. The van der Waals surface area contributed by atoms with Gasteiger partial charge in [0.05, 0.1) is 0 Å². The van der Waals surface area contributed by atoms with Crippen molar-refractivity contribution >= 4 is 5.91 Å². The molecular weight excluding hydrogens is 212 g/mol. The molecule has 1 aliphatic carbocycles. The number of rotatable bonds is 3. The lowest BCUT2D eigenvalue weighted by Crippen LogP contribution is -2.34. The molecule has 3 rings (SSSR count). The van der Waals surface area contributed by atoms with Gasteiger partial charge < -0.3 is 10.6 Å². The number of fused-ring (bicyclic) bond motifs is 1. The zero-order valence-corrected chi connectivity index (χ0v) is 10.1. The van der Waals surface area contributed by atoms with Crippen LogP contribution in [0.25, 0.3) is 0 Å². The molecule has 0 bridgehead atoms. The van der Waals surface area contributed by atoms with Crippen molar-refractivity contribution in [2.24, 2.45) is 5.92 Å². The van der Waals surface area contributed by atoms with Crippen LogP contribution >= 0.6 is 0 Å². The lowest BCUT2D eigenvalue weighted by atomic mass is 10.1. The summed E-state index contributed by atoms with van der Waals surface area (Å²) in [5, 5.41) is 6.38. The van der Waals surface area contributed by atoms with Crippen LogP contribution in [0.2, 0.25) is 0 Å². The fraction of sp³-hybridized carbons (Fsp3) is 0.500. The van der Waals surface area contributed by atoms with E-state index in [1.54, 1.807) is 0 Å². The Labute approximate surface area is 102 Å². The Balaban J connectivity index is 1.72. The number of hydrogen-bond donors (Lipinski definition) is 2. The van der Waals surface area contributed by atoms with Crippen molar-refractivity contribution in [3.8, 4) is 0 Å². The maximum absolute atomic E-state index is 12.1. The molecule has 0 spiro atoms. The van der Waals surface area contributed by atoms with Crippen molar-refractivity contribution in [1.29, 1.82) is 0 Å². The van der Waals surface area contributed by atoms with Crippen LogP contribution in [0.15, 0.2) is 18.2 Å². The highest BCUT2D eigenvalue weighted by molar-refractivity contribution is 5.94. The Hall–Kier alpha value is -1.35. The van der Waals surface area contributed by atoms with Crippen molar-refractivity contribution in [1.82, 2.24) is 10.6 Å². The standard InChI is InChI=1S/C14H18N2O/c1-9(10-2-3-10)16-14(17)11-4-5-12-7-15-8-13(12)6-11/h4-6,9-10,15H,2-3,7-8H2,1H3,(H,16,17). The largest absolute Gasteiger partial charge is 0.349 e.